The van der Waals surface area contributed by atoms with Crippen molar-refractivity contribution in [2.45, 2.75) is 26.7 Å². The Balaban J connectivity index is 4.43. The van der Waals surface area contributed by atoms with E-state index in [0.29, 0.717) is 0 Å². The highest BCUT2D eigenvalue weighted by molar-refractivity contribution is 5.79. The van der Waals surface area contributed by atoms with Crippen LogP contribution in [0.2, 0.25) is 0 Å². The van der Waals surface area contributed by atoms with Crippen molar-refractivity contribution < 1.29 is 4.79 Å². The molecule has 0 radical (unpaired) electrons. The number of rotatable bonds is 5. The maximum Gasteiger partial charge on any atom is 0.227 e. The van der Waals surface area contributed by atoms with E-state index in [1.165, 1.54) is 4.90 Å². The smallest absolute Gasteiger partial charge is 0.227 e. The van der Waals surface area contributed by atoms with E-state index >= 15 is 0 Å². The molecule has 0 N–H and O–H groups in total. The van der Waals surface area contributed by atoms with Crippen LogP contribution in [-0.2, 0) is 4.79 Å². The zero-order valence-electron chi connectivity index (χ0n) is 8.66. The number of hydrogen-bond donors (Lipinski definition) is 0. The van der Waals surface area contributed by atoms with E-state index in [-0.39, 0.29) is 24.9 Å². The van der Waals surface area contributed by atoms with Crippen LogP contribution in [0.15, 0.2) is 0 Å². The minimum atomic E-state index is -0.0851. The molecule has 14 heavy (non-hydrogen) atoms. The molecule has 0 heterocycles. The van der Waals surface area contributed by atoms with Crippen molar-refractivity contribution in [3.8, 4) is 12.1 Å². The van der Waals surface area contributed by atoms with Gasteiger partial charge in [-0.25, -0.2) is 0 Å². The first kappa shape index (κ1) is 12.4. The summed E-state index contributed by atoms with van der Waals surface area (Å²) in [5, 5.41) is 17.0. The van der Waals surface area contributed by atoms with Crippen molar-refractivity contribution in [2.75, 3.05) is 13.1 Å². The van der Waals surface area contributed by atoms with Crippen LogP contribution in [0.1, 0.15) is 26.7 Å². The fraction of sp³-hybridized carbons (Fsp3) is 0.700. The van der Waals surface area contributed by atoms with Gasteiger partial charge in [0.15, 0.2) is 0 Å². The molecule has 1 amide bonds. The summed E-state index contributed by atoms with van der Waals surface area (Å²) in [6, 6.07) is 3.78. The van der Waals surface area contributed by atoms with E-state index in [4.69, 9.17) is 10.5 Å². The van der Waals surface area contributed by atoms with Gasteiger partial charge in [-0.3, -0.25) is 4.79 Å². The first-order chi connectivity index (χ1) is 6.71. The van der Waals surface area contributed by atoms with Gasteiger partial charge in [0.2, 0.25) is 5.91 Å². The van der Waals surface area contributed by atoms with Crippen LogP contribution in [0.5, 0.6) is 0 Å². The third-order valence-electron chi connectivity index (χ3n) is 2.17. The van der Waals surface area contributed by atoms with Crippen LogP contribution >= 0.6 is 0 Å². The summed E-state index contributed by atoms with van der Waals surface area (Å²) in [6.07, 6.45) is 1.51. The van der Waals surface area contributed by atoms with Gasteiger partial charge in [0, 0.05) is 5.92 Å². The third-order valence-corrected chi connectivity index (χ3v) is 2.17. The van der Waals surface area contributed by atoms with E-state index in [9.17, 15) is 4.79 Å². The monoisotopic (exact) mass is 193 g/mol. The molecule has 0 fully saturated rings. The number of carbonyl (C=O) groups is 1. The number of amides is 1. The van der Waals surface area contributed by atoms with Gasteiger partial charge in [-0.05, 0) is 12.8 Å². The van der Waals surface area contributed by atoms with Crippen LogP contribution in [0.25, 0.3) is 0 Å². The summed E-state index contributed by atoms with van der Waals surface area (Å²) >= 11 is 0. The van der Waals surface area contributed by atoms with E-state index < -0.39 is 0 Å². The largest absolute Gasteiger partial charge is 0.316 e. The fourth-order valence-electron chi connectivity index (χ4n) is 1.28. The average Bonchev–Trinajstić information content (AvgIpc) is 2.19. The quantitative estimate of drug-likeness (QED) is 0.618. The molecular weight excluding hydrogens is 178 g/mol. The predicted octanol–water partition coefficient (Wildman–Crippen LogP) is 1.30. The molecule has 0 aliphatic carbocycles. The molecule has 0 atom stereocenters. The molecule has 0 saturated heterocycles. The number of carbonyl (C=O) groups excluding carboxylic acids is 1. The maximum atomic E-state index is 11.7. The first-order valence-corrected chi connectivity index (χ1v) is 4.73. The lowest BCUT2D eigenvalue weighted by Crippen LogP contribution is -2.36. The van der Waals surface area contributed by atoms with Gasteiger partial charge in [0.25, 0.3) is 0 Å². The van der Waals surface area contributed by atoms with Gasteiger partial charge in [-0.15, -0.1) is 0 Å². The van der Waals surface area contributed by atoms with Gasteiger partial charge in [-0.1, -0.05) is 13.8 Å². The Kier molecular flexibility index (Phi) is 6.15. The summed E-state index contributed by atoms with van der Waals surface area (Å²) in [5.74, 6) is -0.144. The van der Waals surface area contributed by atoms with Crippen molar-refractivity contribution in [2.24, 2.45) is 5.92 Å². The molecule has 0 aromatic heterocycles. The van der Waals surface area contributed by atoms with Crippen LogP contribution < -0.4 is 0 Å². The third kappa shape index (κ3) is 3.45. The van der Waals surface area contributed by atoms with Crippen molar-refractivity contribution in [3.63, 3.8) is 0 Å². The van der Waals surface area contributed by atoms with E-state index in [2.05, 4.69) is 0 Å². The van der Waals surface area contributed by atoms with Gasteiger partial charge in [-0.2, -0.15) is 10.5 Å². The molecule has 4 nitrogen and oxygen atoms in total. The molecule has 4 heteroatoms. The van der Waals surface area contributed by atoms with Crippen LogP contribution in [0.4, 0.5) is 0 Å². The van der Waals surface area contributed by atoms with E-state index in [0.717, 1.165) is 12.8 Å². The normalized spacial score (nSPS) is 9.21. The molecule has 0 spiro atoms. The Bertz CT molecular complexity index is 242. The van der Waals surface area contributed by atoms with Crippen molar-refractivity contribution in [3.05, 3.63) is 0 Å². The Labute approximate surface area is 84.7 Å². The van der Waals surface area contributed by atoms with Gasteiger partial charge >= 0.3 is 0 Å². The minimum Gasteiger partial charge on any atom is -0.316 e. The molecule has 0 bridgehead atoms. The highest BCUT2D eigenvalue weighted by Gasteiger charge is 2.20. The lowest BCUT2D eigenvalue weighted by atomic mass is 10.0. The second kappa shape index (κ2) is 6.91. The van der Waals surface area contributed by atoms with Crippen LogP contribution in [0, 0.1) is 28.6 Å². The summed E-state index contributed by atoms with van der Waals surface area (Å²) < 4.78 is 0. The van der Waals surface area contributed by atoms with Crippen LogP contribution in [-0.4, -0.2) is 23.9 Å². The lowest BCUT2D eigenvalue weighted by molar-refractivity contribution is -0.134. The Morgan fingerprint density at radius 2 is 1.64 bits per heavy atom. The molecule has 0 aliphatic heterocycles. The first-order valence-electron chi connectivity index (χ1n) is 4.73. The van der Waals surface area contributed by atoms with Gasteiger partial charge in [0.1, 0.15) is 13.1 Å². The maximum absolute atomic E-state index is 11.7. The van der Waals surface area contributed by atoms with Crippen molar-refractivity contribution >= 4 is 5.91 Å². The SMILES string of the molecule is CCC(CC)C(=O)N(CC#N)CC#N. The number of nitriles is 2. The Morgan fingerprint density at radius 1 is 1.21 bits per heavy atom. The molecular formula is C10H15N3O. The van der Waals surface area contributed by atoms with Gasteiger partial charge in [0.05, 0.1) is 12.1 Å². The molecule has 76 valence electrons. The molecule has 0 saturated carbocycles. The standard InChI is InChI=1S/C10H15N3O/c1-3-9(4-2)10(14)13(7-5-11)8-6-12/h9H,3-4,7-8H2,1-2H3. The summed E-state index contributed by atoms with van der Waals surface area (Å²) in [4.78, 5) is 13.0. The molecule has 0 aromatic carbocycles. The fourth-order valence-corrected chi connectivity index (χ4v) is 1.28. The molecule has 0 aromatic rings. The Morgan fingerprint density at radius 3 is 1.93 bits per heavy atom. The number of nitrogens with zero attached hydrogens (tertiary/aromatic N) is 3. The van der Waals surface area contributed by atoms with Crippen molar-refractivity contribution in [1.82, 2.24) is 4.90 Å². The molecule has 0 rings (SSSR count). The van der Waals surface area contributed by atoms with Crippen molar-refractivity contribution in [1.29, 1.82) is 10.5 Å². The second-order valence-corrected chi connectivity index (χ2v) is 3.02. The average molecular weight is 193 g/mol. The second-order valence-electron chi connectivity index (χ2n) is 3.02. The van der Waals surface area contributed by atoms with Gasteiger partial charge < -0.3 is 4.90 Å². The highest BCUT2D eigenvalue weighted by atomic mass is 16.2. The lowest BCUT2D eigenvalue weighted by Gasteiger charge is -2.21. The Hall–Kier alpha value is -1.55. The minimum absolute atomic E-state index is 0.00287. The zero-order valence-corrected chi connectivity index (χ0v) is 8.66. The van der Waals surface area contributed by atoms with E-state index in [1.54, 1.807) is 0 Å². The number of hydrogen-bond acceptors (Lipinski definition) is 3. The molecule has 0 aliphatic rings. The predicted molar refractivity (Wildman–Crippen MR) is 51.9 cm³/mol. The summed E-state index contributed by atoms with van der Waals surface area (Å²) in [7, 11) is 0. The van der Waals surface area contributed by atoms with Crippen LogP contribution in [0.3, 0.4) is 0 Å². The van der Waals surface area contributed by atoms with E-state index in [1.807, 2.05) is 26.0 Å². The zero-order chi connectivity index (χ0) is 11.0. The summed E-state index contributed by atoms with van der Waals surface area (Å²) in [5.41, 5.74) is 0. The molecule has 0 unspecified atom stereocenters. The highest BCUT2D eigenvalue weighted by Crippen LogP contribution is 2.11. The summed E-state index contributed by atoms with van der Waals surface area (Å²) in [6.45, 7) is 3.87. The topological polar surface area (TPSA) is 67.9 Å².